The van der Waals surface area contributed by atoms with Crippen molar-refractivity contribution in [1.29, 1.82) is 0 Å². The minimum absolute atomic E-state index is 0.0777. The second kappa shape index (κ2) is 6.44. The summed E-state index contributed by atoms with van der Waals surface area (Å²) in [6, 6.07) is 4.41. The van der Waals surface area contributed by atoms with Crippen molar-refractivity contribution >= 4 is 17.7 Å². The second-order valence-corrected chi connectivity index (χ2v) is 3.76. The van der Waals surface area contributed by atoms with Gasteiger partial charge in [-0.25, -0.2) is 9.59 Å². The molecular weight excluding hydrogens is 232 g/mol. The van der Waals surface area contributed by atoms with E-state index in [0.29, 0.717) is 24.2 Å². The van der Waals surface area contributed by atoms with Gasteiger partial charge in [0.1, 0.15) is 0 Å². The van der Waals surface area contributed by atoms with Gasteiger partial charge in [0.05, 0.1) is 11.3 Å². The average molecular weight is 248 g/mol. The Morgan fingerprint density at radius 3 is 2.78 bits per heavy atom. The smallest absolute Gasteiger partial charge is 0.337 e. The third-order valence-electron chi connectivity index (χ3n) is 2.38. The zero-order valence-electron chi connectivity index (χ0n) is 10.2. The van der Waals surface area contributed by atoms with Crippen molar-refractivity contribution in [2.75, 3.05) is 11.9 Å². The second-order valence-electron chi connectivity index (χ2n) is 3.76. The Balaban J connectivity index is 2.80. The maximum Gasteiger partial charge on any atom is 0.337 e. The zero-order valence-corrected chi connectivity index (χ0v) is 10.2. The summed E-state index contributed by atoms with van der Waals surface area (Å²) in [4.78, 5) is 22.6. The SMILES string of the molecule is C=CCCNC(=O)Nc1c(C)cccc1C(=O)O. The lowest BCUT2D eigenvalue weighted by atomic mass is 10.1. The van der Waals surface area contributed by atoms with E-state index in [1.807, 2.05) is 0 Å². The standard InChI is InChI=1S/C13H16N2O3/c1-3-4-8-14-13(18)15-11-9(2)6-5-7-10(11)12(16)17/h3,5-7H,1,4,8H2,2H3,(H,16,17)(H2,14,15,18). The van der Waals surface area contributed by atoms with Crippen LogP contribution in [0.3, 0.4) is 0 Å². The molecule has 18 heavy (non-hydrogen) atoms. The van der Waals surface area contributed by atoms with Gasteiger partial charge in [-0.15, -0.1) is 6.58 Å². The van der Waals surface area contributed by atoms with Crippen LogP contribution >= 0.6 is 0 Å². The normalized spacial score (nSPS) is 9.61. The lowest BCUT2D eigenvalue weighted by molar-refractivity contribution is 0.0698. The molecule has 96 valence electrons. The highest BCUT2D eigenvalue weighted by atomic mass is 16.4. The Bertz CT molecular complexity index is 469. The van der Waals surface area contributed by atoms with E-state index >= 15 is 0 Å². The predicted molar refractivity (Wildman–Crippen MR) is 70.0 cm³/mol. The summed E-state index contributed by atoms with van der Waals surface area (Å²) >= 11 is 0. The van der Waals surface area contributed by atoms with Crippen molar-refractivity contribution in [3.05, 3.63) is 42.0 Å². The molecule has 3 N–H and O–H groups in total. The van der Waals surface area contributed by atoms with Crippen LogP contribution in [0.5, 0.6) is 0 Å². The van der Waals surface area contributed by atoms with E-state index in [1.54, 1.807) is 25.1 Å². The fourth-order valence-electron chi connectivity index (χ4n) is 1.46. The highest BCUT2D eigenvalue weighted by Gasteiger charge is 2.13. The molecule has 0 spiro atoms. The van der Waals surface area contributed by atoms with Gasteiger partial charge in [-0.1, -0.05) is 18.2 Å². The largest absolute Gasteiger partial charge is 0.478 e. The van der Waals surface area contributed by atoms with Gasteiger partial charge in [-0.2, -0.15) is 0 Å². The molecule has 0 atom stereocenters. The quantitative estimate of drug-likeness (QED) is 0.553. The lowest BCUT2D eigenvalue weighted by Crippen LogP contribution is -2.30. The molecule has 5 heteroatoms. The summed E-state index contributed by atoms with van der Waals surface area (Å²) in [5, 5.41) is 14.2. The van der Waals surface area contributed by atoms with E-state index in [9.17, 15) is 9.59 Å². The number of amides is 2. The molecular formula is C13H16N2O3. The zero-order chi connectivity index (χ0) is 13.5. The third-order valence-corrected chi connectivity index (χ3v) is 2.38. The number of urea groups is 1. The Morgan fingerprint density at radius 2 is 2.17 bits per heavy atom. The van der Waals surface area contributed by atoms with Gasteiger partial charge in [0, 0.05) is 6.54 Å². The molecule has 5 nitrogen and oxygen atoms in total. The molecule has 0 unspecified atom stereocenters. The van der Waals surface area contributed by atoms with Gasteiger partial charge in [0.25, 0.3) is 0 Å². The first kappa shape index (κ1) is 13.8. The van der Waals surface area contributed by atoms with Crippen molar-refractivity contribution < 1.29 is 14.7 Å². The molecule has 0 aliphatic heterocycles. The van der Waals surface area contributed by atoms with E-state index in [4.69, 9.17) is 5.11 Å². The number of aromatic carboxylic acids is 1. The molecule has 0 fully saturated rings. The number of nitrogens with one attached hydrogen (secondary N) is 2. The molecule has 0 aliphatic rings. The first-order valence-electron chi connectivity index (χ1n) is 5.55. The van der Waals surface area contributed by atoms with Crippen LogP contribution < -0.4 is 10.6 Å². The molecule has 0 radical (unpaired) electrons. The molecule has 1 aromatic rings. The van der Waals surface area contributed by atoms with Crippen molar-refractivity contribution in [3.8, 4) is 0 Å². The van der Waals surface area contributed by atoms with Crippen LogP contribution in [-0.4, -0.2) is 23.7 Å². The van der Waals surface area contributed by atoms with Gasteiger partial charge in [0.15, 0.2) is 0 Å². The lowest BCUT2D eigenvalue weighted by Gasteiger charge is -2.12. The first-order chi connectivity index (χ1) is 8.56. The van der Waals surface area contributed by atoms with Crippen LogP contribution in [-0.2, 0) is 0 Å². The number of carbonyl (C=O) groups excluding carboxylic acids is 1. The molecule has 0 saturated carbocycles. The summed E-state index contributed by atoms with van der Waals surface area (Å²) in [6.07, 6.45) is 2.35. The molecule has 1 rings (SSSR count). The van der Waals surface area contributed by atoms with Crippen molar-refractivity contribution in [3.63, 3.8) is 0 Å². The van der Waals surface area contributed by atoms with E-state index in [1.165, 1.54) is 6.07 Å². The van der Waals surface area contributed by atoms with Crippen LogP contribution in [0.25, 0.3) is 0 Å². The Kier molecular flexibility index (Phi) is 4.92. The molecule has 0 aliphatic carbocycles. The Hall–Kier alpha value is -2.30. The number of aryl methyl sites for hydroxylation is 1. The molecule has 1 aromatic carbocycles. The topological polar surface area (TPSA) is 78.4 Å². The maximum atomic E-state index is 11.6. The highest BCUT2D eigenvalue weighted by Crippen LogP contribution is 2.20. The summed E-state index contributed by atoms with van der Waals surface area (Å²) in [5.41, 5.74) is 1.10. The number of rotatable bonds is 5. The van der Waals surface area contributed by atoms with Crippen LogP contribution in [0.1, 0.15) is 22.3 Å². The number of hydrogen-bond donors (Lipinski definition) is 3. The number of carboxylic acid groups (broad SMARTS) is 1. The van der Waals surface area contributed by atoms with Crippen molar-refractivity contribution in [2.24, 2.45) is 0 Å². The first-order valence-corrected chi connectivity index (χ1v) is 5.55. The maximum absolute atomic E-state index is 11.6. The molecule has 0 bridgehead atoms. The number of carbonyl (C=O) groups is 2. The Morgan fingerprint density at radius 1 is 1.44 bits per heavy atom. The van der Waals surface area contributed by atoms with Gasteiger partial charge < -0.3 is 15.7 Å². The van der Waals surface area contributed by atoms with Gasteiger partial charge in [-0.05, 0) is 25.0 Å². The van der Waals surface area contributed by atoms with E-state index in [0.717, 1.165) is 0 Å². The molecule has 0 saturated heterocycles. The van der Waals surface area contributed by atoms with Crippen LogP contribution in [0.4, 0.5) is 10.5 Å². The van der Waals surface area contributed by atoms with E-state index in [2.05, 4.69) is 17.2 Å². The summed E-state index contributed by atoms with van der Waals surface area (Å²) in [6.45, 7) is 5.75. The predicted octanol–water partition coefficient (Wildman–Crippen LogP) is 2.39. The van der Waals surface area contributed by atoms with Crippen LogP contribution in [0.15, 0.2) is 30.9 Å². The number of anilines is 1. The summed E-state index contributed by atoms with van der Waals surface area (Å²) in [5.74, 6) is -1.07. The van der Waals surface area contributed by atoms with Crippen LogP contribution in [0.2, 0.25) is 0 Å². The van der Waals surface area contributed by atoms with Gasteiger partial charge >= 0.3 is 12.0 Å². The van der Waals surface area contributed by atoms with E-state index < -0.39 is 12.0 Å². The third kappa shape index (κ3) is 3.62. The number of hydrogen-bond acceptors (Lipinski definition) is 2. The monoisotopic (exact) mass is 248 g/mol. The minimum atomic E-state index is -1.07. The van der Waals surface area contributed by atoms with Gasteiger partial charge in [0.2, 0.25) is 0 Å². The molecule has 0 heterocycles. The molecule has 0 aromatic heterocycles. The number of benzene rings is 1. The summed E-state index contributed by atoms with van der Waals surface area (Å²) < 4.78 is 0. The Labute approximate surface area is 106 Å². The number of para-hydroxylation sites is 1. The van der Waals surface area contributed by atoms with Crippen molar-refractivity contribution in [2.45, 2.75) is 13.3 Å². The number of carboxylic acids is 1. The van der Waals surface area contributed by atoms with Crippen molar-refractivity contribution in [1.82, 2.24) is 5.32 Å². The fourth-order valence-corrected chi connectivity index (χ4v) is 1.46. The molecule has 2 amide bonds. The average Bonchev–Trinajstić information content (AvgIpc) is 2.31. The van der Waals surface area contributed by atoms with Crippen LogP contribution in [0, 0.1) is 6.92 Å². The minimum Gasteiger partial charge on any atom is -0.478 e. The highest BCUT2D eigenvalue weighted by molar-refractivity contribution is 6.00. The van der Waals surface area contributed by atoms with E-state index in [-0.39, 0.29) is 5.56 Å². The summed E-state index contributed by atoms with van der Waals surface area (Å²) in [7, 11) is 0. The fraction of sp³-hybridized carbons (Fsp3) is 0.231. The van der Waals surface area contributed by atoms with Gasteiger partial charge in [-0.3, -0.25) is 0 Å².